The third kappa shape index (κ3) is 3.60. The minimum Gasteiger partial charge on any atom is -0.443 e. The molecule has 0 atom stereocenters. The number of halogens is 1. The van der Waals surface area contributed by atoms with Crippen LogP contribution in [-0.2, 0) is 9.53 Å². The van der Waals surface area contributed by atoms with Crippen molar-refractivity contribution in [3.63, 3.8) is 0 Å². The number of nitrogens with one attached hydrogen (secondary N) is 1. The van der Waals surface area contributed by atoms with Gasteiger partial charge in [0.15, 0.2) is 0 Å². The third-order valence-corrected chi connectivity index (χ3v) is 3.17. The lowest BCUT2D eigenvalue weighted by Crippen LogP contribution is -2.26. The number of ether oxygens (including phenoxy) is 1. The van der Waals surface area contributed by atoms with Gasteiger partial charge in [0.2, 0.25) is 5.91 Å². The summed E-state index contributed by atoms with van der Waals surface area (Å²) in [5.74, 6) is 0.224. The van der Waals surface area contributed by atoms with Gasteiger partial charge in [0.25, 0.3) is 0 Å². The molecular formula is C14H16BrN3O3. The number of hydrogen-bond acceptors (Lipinski definition) is 4. The Hall–Kier alpha value is -1.89. The number of carbonyl (C=O) groups is 2. The van der Waals surface area contributed by atoms with Crippen LogP contribution in [-0.4, -0.2) is 27.2 Å². The highest BCUT2D eigenvalue weighted by Gasteiger charge is 2.20. The standard InChI is InChI=1S/C14H16BrN3O3/c1-8(19)17-12-5-9-10(15)7-18(11(9)6-16-12)13(20)21-14(2,3)4/h5-7H,1-4H3,(H,16,17,19). The van der Waals surface area contributed by atoms with Crippen LogP contribution in [0.5, 0.6) is 0 Å². The molecule has 0 aliphatic heterocycles. The Kier molecular flexibility index (Phi) is 4.04. The number of hydrogen-bond donors (Lipinski definition) is 1. The minimum absolute atomic E-state index is 0.204. The maximum Gasteiger partial charge on any atom is 0.419 e. The zero-order chi connectivity index (χ0) is 15.8. The summed E-state index contributed by atoms with van der Waals surface area (Å²) in [4.78, 5) is 27.4. The van der Waals surface area contributed by atoms with Gasteiger partial charge in [-0.25, -0.2) is 14.3 Å². The van der Waals surface area contributed by atoms with E-state index in [9.17, 15) is 9.59 Å². The molecule has 0 saturated carbocycles. The van der Waals surface area contributed by atoms with E-state index in [1.54, 1.807) is 33.0 Å². The summed E-state index contributed by atoms with van der Waals surface area (Å²) in [6.45, 7) is 6.82. The molecule has 0 spiro atoms. The van der Waals surface area contributed by atoms with Gasteiger partial charge in [-0.2, -0.15) is 0 Å². The fourth-order valence-corrected chi connectivity index (χ4v) is 2.32. The molecule has 6 nitrogen and oxygen atoms in total. The van der Waals surface area contributed by atoms with E-state index in [1.807, 2.05) is 0 Å². The second-order valence-corrected chi connectivity index (χ2v) is 6.45. The molecule has 2 aromatic rings. The van der Waals surface area contributed by atoms with Crippen LogP contribution in [0, 0.1) is 0 Å². The number of fused-ring (bicyclic) bond motifs is 1. The molecule has 7 heteroatoms. The fourth-order valence-electron chi connectivity index (χ4n) is 1.79. The van der Waals surface area contributed by atoms with Gasteiger partial charge >= 0.3 is 6.09 Å². The number of anilines is 1. The second-order valence-electron chi connectivity index (χ2n) is 5.60. The normalized spacial score (nSPS) is 11.5. The summed E-state index contributed by atoms with van der Waals surface area (Å²) in [5, 5.41) is 3.37. The Bertz CT molecular complexity index is 716. The molecule has 0 unspecified atom stereocenters. The molecule has 2 heterocycles. The fraction of sp³-hybridized carbons (Fsp3) is 0.357. The van der Waals surface area contributed by atoms with E-state index in [0.29, 0.717) is 11.3 Å². The first-order valence-corrected chi connectivity index (χ1v) is 7.14. The Morgan fingerprint density at radius 3 is 2.62 bits per heavy atom. The monoisotopic (exact) mass is 353 g/mol. The molecule has 0 aromatic carbocycles. The molecule has 0 fully saturated rings. The topological polar surface area (TPSA) is 73.2 Å². The molecule has 112 valence electrons. The van der Waals surface area contributed by atoms with Crippen molar-refractivity contribution in [3.05, 3.63) is 22.9 Å². The van der Waals surface area contributed by atoms with E-state index in [0.717, 1.165) is 9.86 Å². The number of amides is 1. The second kappa shape index (κ2) is 5.48. The number of pyridine rings is 1. The molecule has 0 saturated heterocycles. The Morgan fingerprint density at radius 1 is 1.38 bits per heavy atom. The van der Waals surface area contributed by atoms with Crippen LogP contribution < -0.4 is 5.32 Å². The number of aromatic nitrogens is 2. The summed E-state index contributed by atoms with van der Waals surface area (Å²) in [7, 11) is 0. The quantitative estimate of drug-likeness (QED) is 0.850. The van der Waals surface area contributed by atoms with Gasteiger partial charge in [-0.3, -0.25) is 4.79 Å². The molecular weight excluding hydrogens is 338 g/mol. The van der Waals surface area contributed by atoms with Gasteiger partial charge < -0.3 is 10.1 Å². The van der Waals surface area contributed by atoms with Crippen molar-refractivity contribution in [2.75, 3.05) is 5.32 Å². The predicted molar refractivity (Wildman–Crippen MR) is 83.4 cm³/mol. The summed E-state index contributed by atoms with van der Waals surface area (Å²) in [5.41, 5.74) is 0.0224. The SMILES string of the molecule is CC(=O)Nc1cc2c(Br)cn(C(=O)OC(C)(C)C)c2cn1. The largest absolute Gasteiger partial charge is 0.443 e. The van der Waals surface area contributed by atoms with Crippen LogP contribution >= 0.6 is 15.9 Å². The van der Waals surface area contributed by atoms with Gasteiger partial charge in [0.05, 0.1) is 11.7 Å². The van der Waals surface area contributed by atoms with Crippen molar-refractivity contribution >= 4 is 44.7 Å². The average Bonchev–Trinajstić information content (AvgIpc) is 2.64. The summed E-state index contributed by atoms with van der Waals surface area (Å²) in [6.07, 6.45) is 2.67. The molecule has 1 amide bonds. The molecule has 0 aliphatic carbocycles. The number of carbonyl (C=O) groups excluding carboxylic acids is 2. The number of nitrogens with zero attached hydrogens (tertiary/aromatic N) is 2. The molecule has 0 aliphatic rings. The van der Waals surface area contributed by atoms with Gasteiger partial charge in [-0.1, -0.05) is 0 Å². The lowest BCUT2D eigenvalue weighted by Gasteiger charge is -2.19. The molecule has 21 heavy (non-hydrogen) atoms. The van der Waals surface area contributed by atoms with E-state index in [2.05, 4.69) is 26.2 Å². The lowest BCUT2D eigenvalue weighted by molar-refractivity contribution is -0.114. The van der Waals surface area contributed by atoms with Crippen molar-refractivity contribution in [1.82, 2.24) is 9.55 Å². The van der Waals surface area contributed by atoms with Gasteiger partial charge in [-0.15, -0.1) is 0 Å². The molecule has 1 N–H and O–H groups in total. The van der Waals surface area contributed by atoms with Crippen molar-refractivity contribution < 1.29 is 14.3 Å². The van der Waals surface area contributed by atoms with E-state index >= 15 is 0 Å². The van der Waals surface area contributed by atoms with Crippen LogP contribution in [0.2, 0.25) is 0 Å². The average molecular weight is 354 g/mol. The highest BCUT2D eigenvalue weighted by Crippen LogP contribution is 2.28. The first-order valence-electron chi connectivity index (χ1n) is 6.35. The third-order valence-electron chi connectivity index (χ3n) is 2.54. The summed E-state index contributed by atoms with van der Waals surface area (Å²) in [6, 6.07) is 1.70. The van der Waals surface area contributed by atoms with Gasteiger partial charge in [0.1, 0.15) is 11.4 Å². The van der Waals surface area contributed by atoms with Crippen LogP contribution in [0.1, 0.15) is 27.7 Å². The predicted octanol–water partition coefficient (Wildman–Crippen LogP) is 3.54. The van der Waals surface area contributed by atoms with Gasteiger partial charge in [-0.05, 0) is 42.8 Å². The first-order chi connectivity index (χ1) is 9.67. The highest BCUT2D eigenvalue weighted by atomic mass is 79.9. The molecule has 0 radical (unpaired) electrons. The van der Waals surface area contributed by atoms with E-state index < -0.39 is 11.7 Å². The van der Waals surface area contributed by atoms with Crippen molar-refractivity contribution in [2.45, 2.75) is 33.3 Å². The summed E-state index contributed by atoms with van der Waals surface area (Å²) < 4.78 is 7.45. The number of rotatable bonds is 1. The van der Waals surface area contributed by atoms with Crippen LogP contribution in [0.4, 0.5) is 10.6 Å². The smallest absolute Gasteiger partial charge is 0.419 e. The summed E-state index contributed by atoms with van der Waals surface area (Å²) >= 11 is 3.40. The van der Waals surface area contributed by atoms with Crippen LogP contribution in [0.15, 0.2) is 22.9 Å². The minimum atomic E-state index is -0.580. The first kappa shape index (κ1) is 15.5. The Morgan fingerprint density at radius 2 is 2.05 bits per heavy atom. The molecule has 2 rings (SSSR count). The zero-order valence-corrected chi connectivity index (χ0v) is 13.8. The van der Waals surface area contributed by atoms with Crippen molar-refractivity contribution in [2.24, 2.45) is 0 Å². The van der Waals surface area contributed by atoms with E-state index in [4.69, 9.17) is 4.74 Å². The molecule has 2 aromatic heterocycles. The van der Waals surface area contributed by atoms with Crippen molar-refractivity contribution in [3.8, 4) is 0 Å². The Labute approximate surface area is 130 Å². The van der Waals surface area contributed by atoms with Crippen LogP contribution in [0.25, 0.3) is 10.9 Å². The Balaban J connectivity index is 2.43. The van der Waals surface area contributed by atoms with E-state index in [-0.39, 0.29) is 5.91 Å². The maximum atomic E-state index is 12.2. The van der Waals surface area contributed by atoms with Crippen LogP contribution in [0.3, 0.4) is 0 Å². The van der Waals surface area contributed by atoms with E-state index in [1.165, 1.54) is 17.7 Å². The highest BCUT2D eigenvalue weighted by molar-refractivity contribution is 9.10. The van der Waals surface area contributed by atoms with Crippen molar-refractivity contribution in [1.29, 1.82) is 0 Å². The lowest BCUT2D eigenvalue weighted by atomic mass is 10.2. The molecule has 0 bridgehead atoms. The maximum absolute atomic E-state index is 12.2. The zero-order valence-electron chi connectivity index (χ0n) is 12.2. The van der Waals surface area contributed by atoms with Gasteiger partial charge in [0, 0.05) is 23.0 Å².